The van der Waals surface area contributed by atoms with Crippen LogP contribution < -0.4 is 25.4 Å². The van der Waals surface area contributed by atoms with Crippen molar-refractivity contribution in [1.82, 2.24) is 14.9 Å². The molecular weight excluding hydrogens is 471 g/mol. The highest BCUT2D eigenvalue weighted by Crippen LogP contribution is 2.32. The van der Waals surface area contributed by atoms with Crippen LogP contribution in [0.25, 0.3) is 0 Å². The summed E-state index contributed by atoms with van der Waals surface area (Å²) in [6, 6.07) is 10.7. The largest absolute Gasteiger partial charge is 0.573 e. The molecule has 13 heteroatoms. The maximum atomic E-state index is 12.6. The Morgan fingerprint density at radius 2 is 1.91 bits per heavy atom. The Labute approximate surface area is 197 Å². The molecule has 3 aromatic rings. The first-order chi connectivity index (χ1) is 16.6. The molecule has 1 heterocycles. The van der Waals surface area contributed by atoms with E-state index < -0.39 is 18.1 Å². The molecule has 2 amide bonds. The van der Waals surface area contributed by atoms with E-state index in [4.69, 9.17) is 15.6 Å². The molecule has 10 nitrogen and oxygen atoms in total. The van der Waals surface area contributed by atoms with Gasteiger partial charge >= 0.3 is 18.4 Å². The third-order valence-corrected chi connectivity index (χ3v) is 4.64. The first kappa shape index (κ1) is 25.4. The van der Waals surface area contributed by atoms with Crippen LogP contribution >= 0.6 is 0 Å². The molecule has 0 aliphatic heterocycles. The predicted octanol–water partition coefficient (Wildman–Crippen LogP) is 3.16. The number of rotatable bonds is 9. The number of hydrogen-bond acceptors (Lipinski definition) is 7. The molecule has 0 saturated carbocycles. The number of carbonyl (C=O) groups is 2. The number of urea groups is 1. The minimum Gasteiger partial charge on any atom is -0.425 e. The Bertz CT molecular complexity index is 1180. The standard InChI is InChI=1S/C22H22F3N5O5/c1-29(20(33)27-9-10-31)19-18(13-32)30(12-14-5-7-15(26)8-6-14)21(28-19)34-16-3-2-4-17(11-16)35-22(23,24)25/h2-8,11,13,31H,9-10,12,26H2,1H3,(H,27,33). The van der Waals surface area contributed by atoms with Crippen molar-refractivity contribution in [2.75, 3.05) is 30.8 Å². The van der Waals surface area contributed by atoms with E-state index in [0.29, 0.717) is 17.5 Å². The van der Waals surface area contributed by atoms with Gasteiger partial charge in [-0.2, -0.15) is 4.98 Å². The smallest absolute Gasteiger partial charge is 0.425 e. The van der Waals surface area contributed by atoms with E-state index in [1.807, 2.05) is 0 Å². The van der Waals surface area contributed by atoms with Gasteiger partial charge < -0.3 is 25.6 Å². The van der Waals surface area contributed by atoms with Gasteiger partial charge in [0.1, 0.15) is 17.2 Å². The van der Waals surface area contributed by atoms with E-state index >= 15 is 0 Å². The second-order valence-electron chi connectivity index (χ2n) is 7.19. The van der Waals surface area contributed by atoms with Gasteiger partial charge in [-0.15, -0.1) is 13.2 Å². The van der Waals surface area contributed by atoms with Crippen LogP contribution in [0.5, 0.6) is 17.5 Å². The van der Waals surface area contributed by atoms with E-state index in [-0.39, 0.29) is 43.0 Å². The fraction of sp³-hybridized carbons (Fsp3) is 0.227. The van der Waals surface area contributed by atoms with Gasteiger partial charge in [0.05, 0.1) is 13.2 Å². The Balaban J connectivity index is 2.02. The molecule has 4 N–H and O–H groups in total. The van der Waals surface area contributed by atoms with Crippen LogP contribution in [0.1, 0.15) is 16.1 Å². The Kier molecular flexibility index (Phi) is 7.81. The van der Waals surface area contributed by atoms with Gasteiger partial charge in [-0.05, 0) is 29.8 Å². The minimum atomic E-state index is -4.89. The number of ether oxygens (including phenoxy) is 2. The van der Waals surface area contributed by atoms with Gasteiger partial charge in [-0.1, -0.05) is 18.2 Å². The van der Waals surface area contributed by atoms with Gasteiger partial charge in [0, 0.05) is 25.3 Å². The molecule has 0 bridgehead atoms. The van der Waals surface area contributed by atoms with Crippen molar-refractivity contribution in [3.8, 4) is 17.5 Å². The number of aromatic nitrogens is 2. The van der Waals surface area contributed by atoms with Crippen molar-refractivity contribution >= 4 is 23.8 Å². The fourth-order valence-electron chi connectivity index (χ4n) is 3.05. The van der Waals surface area contributed by atoms with Crippen LogP contribution in [0, 0.1) is 0 Å². The molecule has 0 unspecified atom stereocenters. The first-order valence-electron chi connectivity index (χ1n) is 10.2. The van der Waals surface area contributed by atoms with Crippen LogP contribution in [0.2, 0.25) is 0 Å². The van der Waals surface area contributed by atoms with Crippen molar-refractivity contribution in [2.24, 2.45) is 0 Å². The van der Waals surface area contributed by atoms with Gasteiger partial charge in [-0.25, -0.2) is 4.79 Å². The van der Waals surface area contributed by atoms with Crippen molar-refractivity contribution < 1.29 is 37.3 Å². The summed E-state index contributed by atoms with van der Waals surface area (Å²) in [4.78, 5) is 29.7. The first-order valence-corrected chi connectivity index (χ1v) is 10.2. The quantitative estimate of drug-likeness (QED) is 0.308. The van der Waals surface area contributed by atoms with Gasteiger partial charge in [0.15, 0.2) is 12.1 Å². The van der Waals surface area contributed by atoms with Crippen LogP contribution in [-0.2, 0) is 6.54 Å². The summed E-state index contributed by atoms with van der Waals surface area (Å²) < 4.78 is 48.8. The average Bonchev–Trinajstić information content (AvgIpc) is 3.14. The average molecular weight is 493 g/mol. The molecule has 186 valence electrons. The topological polar surface area (TPSA) is 132 Å². The number of nitrogens with zero attached hydrogens (tertiary/aromatic N) is 3. The molecule has 2 aromatic carbocycles. The Morgan fingerprint density at radius 3 is 2.54 bits per heavy atom. The number of alkyl halides is 3. The van der Waals surface area contributed by atoms with Gasteiger partial charge in [0.2, 0.25) is 0 Å². The second-order valence-corrected chi connectivity index (χ2v) is 7.19. The molecule has 35 heavy (non-hydrogen) atoms. The second kappa shape index (κ2) is 10.8. The highest BCUT2D eigenvalue weighted by Gasteiger charge is 2.31. The highest BCUT2D eigenvalue weighted by molar-refractivity contribution is 5.95. The Hall–Kier alpha value is -4.26. The van der Waals surface area contributed by atoms with E-state index in [0.717, 1.165) is 17.0 Å². The maximum absolute atomic E-state index is 12.6. The SMILES string of the molecule is CN(C(=O)NCCO)c1nc(Oc2cccc(OC(F)(F)F)c2)n(Cc2ccc(N)cc2)c1C=O. The van der Waals surface area contributed by atoms with Crippen LogP contribution in [0.3, 0.4) is 0 Å². The lowest BCUT2D eigenvalue weighted by molar-refractivity contribution is -0.274. The zero-order valence-corrected chi connectivity index (χ0v) is 18.5. The number of nitrogens with two attached hydrogens (primary N) is 1. The summed E-state index contributed by atoms with van der Waals surface area (Å²) in [6.45, 7) is -0.251. The number of nitrogen functional groups attached to an aromatic ring is 1. The van der Waals surface area contributed by atoms with Gasteiger partial charge in [-0.3, -0.25) is 14.3 Å². The predicted molar refractivity (Wildman–Crippen MR) is 120 cm³/mol. The lowest BCUT2D eigenvalue weighted by Gasteiger charge is -2.16. The fourth-order valence-corrected chi connectivity index (χ4v) is 3.05. The van der Waals surface area contributed by atoms with Crippen molar-refractivity contribution in [3.05, 3.63) is 59.8 Å². The summed E-state index contributed by atoms with van der Waals surface area (Å²) in [5.74, 6) is -0.627. The normalized spacial score (nSPS) is 11.1. The summed E-state index contributed by atoms with van der Waals surface area (Å²) in [6.07, 6.45) is -4.42. The number of nitrogens with one attached hydrogen (secondary N) is 1. The monoisotopic (exact) mass is 493 g/mol. The number of imidazole rings is 1. The zero-order chi connectivity index (χ0) is 25.6. The van der Waals surface area contributed by atoms with Crippen molar-refractivity contribution in [3.63, 3.8) is 0 Å². The minimum absolute atomic E-state index is 0.0267. The van der Waals surface area contributed by atoms with Gasteiger partial charge in [0.25, 0.3) is 0 Å². The van der Waals surface area contributed by atoms with Crippen molar-refractivity contribution in [2.45, 2.75) is 12.9 Å². The van der Waals surface area contributed by atoms with E-state index in [9.17, 15) is 22.8 Å². The summed E-state index contributed by atoms with van der Waals surface area (Å²) in [5.41, 5.74) is 6.92. The number of hydrogen-bond donors (Lipinski definition) is 3. The lowest BCUT2D eigenvalue weighted by atomic mass is 10.2. The Morgan fingerprint density at radius 1 is 1.23 bits per heavy atom. The molecule has 0 saturated heterocycles. The third kappa shape index (κ3) is 6.63. The number of aliphatic hydroxyl groups excluding tert-OH is 1. The van der Waals surface area contributed by atoms with Crippen LogP contribution in [0.15, 0.2) is 48.5 Å². The lowest BCUT2D eigenvalue weighted by Crippen LogP contribution is -2.39. The van der Waals surface area contributed by atoms with E-state index in [1.165, 1.54) is 23.7 Å². The molecule has 0 spiro atoms. The molecular formula is C22H22F3N5O5. The molecule has 3 rings (SSSR count). The van der Waals surface area contributed by atoms with E-state index in [1.54, 1.807) is 24.3 Å². The molecule has 1 aromatic heterocycles. The zero-order valence-electron chi connectivity index (χ0n) is 18.5. The number of benzene rings is 2. The summed E-state index contributed by atoms with van der Waals surface area (Å²) >= 11 is 0. The third-order valence-electron chi connectivity index (χ3n) is 4.64. The van der Waals surface area contributed by atoms with Crippen LogP contribution in [-0.4, -0.2) is 53.5 Å². The number of amides is 2. The molecule has 0 atom stereocenters. The summed E-state index contributed by atoms with van der Waals surface area (Å²) in [5, 5.41) is 11.4. The number of anilines is 2. The number of aldehydes is 1. The number of aliphatic hydroxyl groups is 1. The van der Waals surface area contributed by atoms with Crippen LogP contribution in [0.4, 0.5) is 29.5 Å². The van der Waals surface area contributed by atoms with E-state index in [2.05, 4.69) is 15.0 Å². The molecule has 0 fully saturated rings. The number of carbonyl (C=O) groups excluding carboxylic acids is 2. The molecule has 0 aliphatic rings. The maximum Gasteiger partial charge on any atom is 0.573 e. The van der Waals surface area contributed by atoms with Crippen molar-refractivity contribution in [1.29, 1.82) is 0 Å². The highest BCUT2D eigenvalue weighted by atomic mass is 19.4. The summed E-state index contributed by atoms with van der Waals surface area (Å²) in [7, 11) is 1.36. The number of halogens is 3. The molecule has 0 aliphatic carbocycles. The molecule has 0 radical (unpaired) electrons.